The van der Waals surface area contributed by atoms with Crippen molar-refractivity contribution in [3.05, 3.63) is 0 Å². The summed E-state index contributed by atoms with van der Waals surface area (Å²) in [6.45, 7) is 0. The zero-order chi connectivity index (χ0) is 8.08. The van der Waals surface area contributed by atoms with E-state index in [1.54, 1.807) is 0 Å². The van der Waals surface area contributed by atoms with E-state index in [2.05, 4.69) is 11.2 Å². The molecule has 4 N–H and O–H groups in total. The molecule has 0 heterocycles. The first kappa shape index (κ1) is 29.2. The molecule has 0 saturated carbocycles. The molecule has 0 radical (unpaired) electrons. The number of hydrogen-bond donors (Lipinski definition) is 2. The summed E-state index contributed by atoms with van der Waals surface area (Å²) in [6.07, 6.45) is 0. The minimum atomic E-state index is -3.83. The van der Waals surface area contributed by atoms with Gasteiger partial charge in [0.2, 0.25) is 0 Å². The topological polar surface area (TPSA) is 152 Å². The quantitative estimate of drug-likeness (QED) is 0.323. The Morgan fingerprint density at radius 3 is 1.25 bits per heavy atom. The van der Waals surface area contributed by atoms with E-state index in [0.717, 1.165) is 0 Å². The molecule has 0 rings (SSSR count). The first-order valence-electron chi connectivity index (χ1n) is 1.20. The van der Waals surface area contributed by atoms with E-state index in [1.807, 2.05) is 0 Å². The van der Waals surface area contributed by atoms with Gasteiger partial charge in [-0.2, -0.15) is 4.21 Å². The monoisotopic (exact) mass is 258 g/mol. The molecule has 0 bridgehead atoms. The Morgan fingerprint density at radius 2 is 1.25 bits per heavy atom. The smallest absolute Gasteiger partial charge is 0.784 e. The molecule has 0 atom stereocenters. The van der Waals surface area contributed by atoms with Crippen molar-refractivity contribution in [1.29, 1.82) is 0 Å². The maximum Gasteiger partial charge on any atom is 1.00 e. The third kappa shape index (κ3) is 293. The molecule has 0 aromatic carbocycles. The molecule has 0 aliphatic rings. The van der Waals surface area contributed by atoms with E-state index in [4.69, 9.17) is 26.6 Å². The molecule has 0 saturated heterocycles. The van der Waals surface area contributed by atoms with Crippen molar-refractivity contribution in [1.82, 2.24) is 0 Å². The Morgan fingerprint density at radius 1 is 1.25 bits per heavy atom. The van der Waals surface area contributed by atoms with Gasteiger partial charge < -0.3 is 14.6 Å². The maximum atomic E-state index is 9.11. The maximum absolute atomic E-state index is 9.11. The van der Waals surface area contributed by atoms with Gasteiger partial charge in [-0.25, -0.2) is 0 Å². The molecule has 66 valence electrons. The largest absolute Gasteiger partial charge is 1.00 e. The van der Waals surface area contributed by atoms with E-state index in [1.165, 1.54) is 0 Å². The van der Waals surface area contributed by atoms with Crippen molar-refractivity contribution < 1.29 is 91.2 Å². The second kappa shape index (κ2) is 15.8. The van der Waals surface area contributed by atoms with Gasteiger partial charge in [-0.1, -0.05) is 0 Å². The minimum Gasteiger partial charge on any atom is -0.784 e. The van der Waals surface area contributed by atoms with Crippen LogP contribution in [0.25, 0.3) is 0 Å². The number of hydrogen-bond acceptors (Lipinski definition) is 5. The molecule has 0 amide bonds. The molecule has 0 unspecified atom stereocenters. The van der Waals surface area contributed by atoms with Crippen molar-refractivity contribution >= 4 is 31.6 Å². The van der Waals surface area contributed by atoms with E-state index in [-0.39, 0.29) is 64.6 Å². The van der Waals surface area contributed by atoms with E-state index in [9.17, 15) is 0 Å². The van der Waals surface area contributed by atoms with Crippen molar-refractivity contribution in [3.63, 3.8) is 0 Å². The zero-order valence-electron chi connectivity index (χ0n) is 6.25. The van der Waals surface area contributed by atoms with Crippen LogP contribution in [0.2, 0.25) is 0 Å². The molecule has 7 nitrogen and oxygen atoms in total. The fraction of sp³-hybridized carbons (Fsp3) is 0. The summed E-state index contributed by atoms with van der Waals surface area (Å²) in [5.74, 6) is 0. The first-order valence-corrected chi connectivity index (χ1v) is 4.60. The normalized spacial score (nSPS) is 7.75. The van der Waals surface area contributed by atoms with Gasteiger partial charge in [-0.15, -0.1) is 11.4 Å². The van der Waals surface area contributed by atoms with Gasteiger partial charge in [0.25, 0.3) is 9.05 Å². The predicted molar refractivity (Wildman–Crippen MR) is 34.1 cm³/mol. The van der Waals surface area contributed by atoms with Crippen molar-refractivity contribution in [2.24, 2.45) is 0 Å². The molecule has 12 heteroatoms. The van der Waals surface area contributed by atoms with E-state index < -0.39 is 20.4 Å². The molecule has 12 heavy (non-hydrogen) atoms. The van der Waals surface area contributed by atoms with Gasteiger partial charge in [0.05, 0.1) is 0 Å². The zero-order valence-corrected chi connectivity index (χ0v) is 12.7. The van der Waals surface area contributed by atoms with Crippen LogP contribution in [-0.2, 0) is 31.6 Å². The van der Waals surface area contributed by atoms with Gasteiger partial charge in [-0.05, 0) is 0 Å². The molecule has 0 fully saturated rings. The average molecular weight is 258 g/mol. The Hall–Kier alpha value is 2.32. The summed E-state index contributed by atoms with van der Waals surface area (Å²) < 4.78 is 49.3. The van der Waals surface area contributed by atoms with Crippen LogP contribution in [0, 0.1) is 0 Å². The molecular formula is H4Na2O7S3. The summed E-state index contributed by atoms with van der Waals surface area (Å²) in [7, 11) is -3.83. The average Bonchev–Trinajstić information content (AvgIpc) is 1.19. The van der Waals surface area contributed by atoms with Gasteiger partial charge in [0.1, 0.15) is 0 Å². The van der Waals surface area contributed by atoms with Crippen LogP contribution in [0.15, 0.2) is 0 Å². The Labute approximate surface area is 121 Å². The second-order valence-corrected chi connectivity index (χ2v) is 3.26. The van der Waals surface area contributed by atoms with E-state index >= 15 is 0 Å². The Bertz CT molecular complexity index is 159. The fourth-order valence-electron chi connectivity index (χ4n) is 0. The number of rotatable bonds is 0. The first-order chi connectivity index (χ1) is 3.73. The van der Waals surface area contributed by atoms with Gasteiger partial charge >= 0.3 is 59.1 Å². The Balaban J connectivity index is -0.0000000221. The predicted octanol–water partition coefficient (Wildman–Crippen LogP) is -8.14. The van der Waals surface area contributed by atoms with Gasteiger partial charge in [-0.3, -0.25) is 13.3 Å². The molecule has 0 aromatic heterocycles. The summed E-state index contributed by atoms with van der Waals surface area (Å²) in [5.41, 5.74) is 0. The molecule has 0 aliphatic heterocycles. The van der Waals surface area contributed by atoms with E-state index in [0.29, 0.717) is 0 Å². The summed E-state index contributed by atoms with van der Waals surface area (Å²) in [6, 6.07) is 0. The van der Waals surface area contributed by atoms with Crippen LogP contribution >= 0.6 is 0 Å². The van der Waals surface area contributed by atoms with Crippen LogP contribution in [-0.4, -0.2) is 32.1 Å². The van der Waals surface area contributed by atoms with Gasteiger partial charge in [0.15, 0.2) is 0 Å². The summed E-state index contributed by atoms with van der Waals surface area (Å²) in [5, 5.41) is 0. The second-order valence-electron chi connectivity index (χ2n) is 0.652. The Kier molecular flexibility index (Phi) is 38.5. The molecular weight excluding hydrogens is 254 g/mol. The minimum absolute atomic E-state index is 0. The van der Waals surface area contributed by atoms with Gasteiger partial charge in [0, 0.05) is 11.2 Å². The standard InChI is InChI=1S/2Na.H2O3S2.H2O3S.H2O/c;;1-5(2,3)4;1-4(2)3;/h;;(H2,1,2,3,4);(H2,1,2,3);1H2/q2*+1;;;/p-2. The molecule has 0 aliphatic carbocycles. The molecule has 0 aromatic rings. The van der Waals surface area contributed by atoms with Crippen molar-refractivity contribution in [2.45, 2.75) is 0 Å². The summed E-state index contributed by atoms with van der Waals surface area (Å²) in [4.78, 5) is 0. The summed E-state index contributed by atoms with van der Waals surface area (Å²) >= 11 is 0.354. The molecule has 0 spiro atoms. The van der Waals surface area contributed by atoms with Crippen LogP contribution < -0.4 is 59.1 Å². The third-order valence-corrected chi connectivity index (χ3v) is 0. The van der Waals surface area contributed by atoms with Crippen LogP contribution in [0.5, 0.6) is 0 Å². The van der Waals surface area contributed by atoms with Crippen LogP contribution in [0.1, 0.15) is 0 Å². The van der Waals surface area contributed by atoms with Crippen LogP contribution in [0.3, 0.4) is 0 Å². The SMILES string of the molecule is O.O=S(O)(O)=S.O=S([O-])[O-].[Na+].[Na+]. The van der Waals surface area contributed by atoms with Crippen molar-refractivity contribution in [3.8, 4) is 0 Å². The van der Waals surface area contributed by atoms with Crippen molar-refractivity contribution in [2.75, 3.05) is 0 Å². The van der Waals surface area contributed by atoms with Crippen LogP contribution in [0.4, 0.5) is 0 Å². The third-order valence-electron chi connectivity index (χ3n) is 0. The fourth-order valence-corrected chi connectivity index (χ4v) is 0.